The Kier molecular flexibility index (Phi) is 3.08. The smallest absolute Gasteiger partial charge is 0.180 e. The van der Waals surface area contributed by atoms with Crippen LogP contribution in [-0.4, -0.2) is 25.5 Å². The molecule has 3 heterocycles. The van der Waals surface area contributed by atoms with Crippen LogP contribution in [0.5, 0.6) is 5.75 Å². The molecule has 23 heavy (non-hydrogen) atoms. The van der Waals surface area contributed by atoms with Gasteiger partial charge >= 0.3 is 0 Å². The number of aromatic nitrogens is 4. The van der Waals surface area contributed by atoms with Crippen molar-refractivity contribution >= 4 is 16.7 Å². The van der Waals surface area contributed by atoms with E-state index in [0.29, 0.717) is 6.61 Å². The Morgan fingerprint density at radius 1 is 1.17 bits per heavy atom. The van der Waals surface area contributed by atoms with Gasteiger partial charge in [-0.1, -0.05) is 6.07 Å². The number of fused-ring (bicyclic) bond motifs is 2. The molecule has 5 nitrogen and oxygen atoms in total. The largest absolute Gasteiger partial charge is 0.490 e. The summed E-state index contributed by atoms with van der Waals surface area (Å²) in [5, 5.41) is 0. The van der Waals surface area contributed by atoms with E-state index >= 15 is 0 Å². The molecule has 0 aliphatic heterocycles. The summed E-state index contributed by atoms with van der Waals surface area (Å²) in [4.78, 5) is 9.34. The van der Waals surface area contributed by atoms with Crippen LogP contribution in [0.15, 0.2) is 42.7 Å². The van der Waals surface area contributed by atoms with E-state index < -0.39 is 0 Å². The molecule has 0 aliphatic carbocycles. The lowest BCUT2D eigenvalue weighted by molar-refractivity contribution is 0.342. The molecule has 0 amide bonds. The molecule has 0 unspecified atom stereocenters. The van der Waals surface area contributed by atoms with Gasteiger partial charge in [-0.05, 0) is 38.1 Å². The summed E-state index contributed by atoms with van der Waals surface area (Å²) < 4.78 is 9.75. The van der Waals surface area contributed by atoms with E-state index in [0.717, 1.165) is 39.5 Å². The molecule has 5 heteroatoms. The fourth-order valence-corrected chi connectivity index (χ4v) is 2.87. The summed E-state index contributed by atoms with van der Waals surface area (Å²) in [5.41, 5.74) is 4.93. The zero-order valence-corrected chi connectivity index (χ0v) is 13.4. The third-order valence-electron chi connectivity index (χ3n) is 4.15. The van der Waals surface area contributed by atoms with Crippen molar-refractivity contribution in [2.45, 2.75) is 13.8 Å². The second-order valence-electron chi connectivity index (χ2n) is 5.58. The lowest BCUT2D eigenvalue weighted by Gasteiger charge is -2.03. The number of pyridine rings is 1. The van der Waals surface area contributed by atoms with Crippen LogP contribution in [0.1, 0.15) is 12.7 Å². The second kappa shape index (κ2) is 5.12. The first-order valence-corrected chi connectivity index (χ1v) is 7.71. The first-order chi connectivity index (χ1) is 11.2. The Bertz CT molecular complexity index is 1010. The Balaban J connectivity index is 1.87. The van der Waals surface area contributed by atoms with Crippen molar-refractivity contribution in [3.05, 3.63) is 48.5 Å². The molecule has 0 aliphatic rings. The molecule has 1 aromatic carbocycles. The van der Waals surface area contributed by atoms with E-state index in [1.807, 2.05) is 49.8 Å². The highest BCUT2D eigenvalue weighted by Crippen LogP contribution is 2.27. The highest BCUT2D eigenvalue weighted by atomic mass is 16.5. The molecule has 4 rings (SSSR count). The van der Waals surface area contributed by atoms with Crippen LogP contribution in [0.2, 0.25) is 0 Å². The Morgan fingerprint density at radius 3 is 2.87 bits per heavy atom. The summed E-state index contributed by atoms with van der Waals surface area (Å²) in [6.45, 7) is 4.62. The summed E-state index contributed by atoms with van der Waals surface area (Å²) in [6.07, 6.45) is 4.01. The minimum absolute atomic E-state index is 0.626. The van der Waals surface area contributed by atoms with Crippen molar-refractivity contribution < 1.29 is 4.74 Å². The van der Waals surface area contributed by atoms with Crippen LogP contribution in [0.25, 0.3) is 27.9 Å². The summed E-state index contributed by atoms with van der Waals surface area (Å²) in [5.74, 6) is 1.81. The van der Waals surface area contributed by atoms with Crippen molar-refractivity contribution in [1.82, 2.24) is 18.9 Å². The normalized spacial score (nSPS) is 11.4. The zero-order chi connectivity index (χ0) is 16.0. The van der Waals surface area contributed by atoms with E-state index in [9.17, 15) is 0 Å². The van der Waals surface area contributed by atoms with Crippen LogP contribution in [-0.2, 0) is 7.05 Å². The molecule has 0 N–H and O–H groups in total. The lowest BCUT2D eigenvalue weighted by atomic mass is 10.1. The maximum absolute atomic E-state index is 5.66. The summed E-state index contributed by atoms with van der Waals surface area (Å²) in [7, 11) is 2.03. The average Bonchev–Trinajstić information content (AvgIpc) is 3.10. The highest BCUT2D eigenvalue weighted by Gasteiger charge is 2.11. The third kappa shape index (κ3) is 2.16. The molecule has 0 radical (unpaired) electrons. The first kappa shape index (κ1) is 13.8. The van der Waals surface area contributed by atoms with Crippen LogP contribution in [0, 0.1) is 6.92 Å². The van der Waals surface area contributed by atoms with Gasteiger partial charge in [-0.2, -0.15) is 0 Å². The van der Waals surface area contributed by atoms with E-state index in [-0.39, 0.29) is 0 Å². The van der Waals surface area contributed by atoms with E-state index in [2.05, 4.69) is 27.8 Å². The van der Waals surface area contributed by atoms with Crippen molar-refractivity contribution in [1.29, 1.82) is 0 Å². The van der Waals surface area contributed by atoms with Crippen LogP contribution in [0.3, 0.4) is 0 Å². The SMILES string of the molecule is CCOc1cccn2cc(-c3ccc4c(c3)nc(C)n4C)nc12. The minimum Gasteiger partial charge on any atom is -0.490 e. The summed E-state index contributed by atoms with van der Waals surface area (Å²) in [6, 6.07) is 10.2. The number of hydrogen-bond acceptors (Lipinski definition) is 3. The minimum atomic E-state index is 0.626. The maximum Gasteiger partial charge on any atom is 0.180 e. The molecule has 0 spiro atoms. The van der Waals surface area contributed by atoms with Crippen LogP contribution in [0.4, 0.5) is 0 Å². The standard InChI is InChI=1S/C18H18N4O/c1-4-23-17-6-5-9-22-11-15(20-18(17)22)13-7-8-16-14(10-13)19-12(2)21(16)3/h5-11H,4H2,1-3H3. The van der Waals surface area contributed by atoms with Gasteiger partial charge in [0, 0.05) is 25.0 Å². The molecule has 116 valence electrons. The fourth-order valence-electron chi connectivity index (χ4n) is 2.87. The van der Waals surface area contributed by atoms with Gasteiger partial charge in [-0.3, -0.25) is 0 Å². The predicted octanol–water partition coefficient (Wildman–Crippen LogP) is 3.60. The van der Waals surface area contributed by atoms with Gasteiger partial charge in [-0.25, -0.2) is 9.97 Å². The van der Waals surface area contributed by atoms with Crippen LogP contribution < -0.4 is 4.74 Å². The van der Waals surface area contributed by atoms with Crippen molar-refractivity contribution in [2.24, 2.45) is 7.05 Å². The summed E-state index contributed by atoms with van der Waals surface area (Å²) >= 11 is 0. The van der Waals surface area contributed by atoms with Gasteiger partial charge in [0.1, 0.15) is 5.82 Å². The molecule has 0 saturated heterocycles. The van der Waals surface area contributed by atoms with Crippen molar-refractivity contribution in [3.63, 3.8) is 0 Å². The molecular weight excluding hydrogens is 288 g/mol. The molecule has 0 bridgehead atoms. The van der Waals surface area contributed by atoms with Gasteiger partial charge in [0.2, 0.25) is 0 Å². The van der Waals surface area contributed by atoms with Gasteiger partial charge in [0.25, 0.3) is 0 Å². The van der Waals surface area contributed by atoms with Gasteiger partial charge in [0.05, 0.1) is 23.3 Å². The number of imidazole rings is 2. The second-order valence-corrected chi connectivity index (χ2v) is 5.58. The fraction of sp³-hybridized carbons (Fsp3) is 0.222. The lowest BCUT2D eigenvalue weighted by Crippen LogP contribution is -1.94. The molecule has 0 fully saturated rings. The number of nitrogens with zero attached hydrogens (tertiary/aromatic N) is 4. The van der Waals surface area contributed by atoms with Crippen LogP contribution >= 0.6 is 0 Å². The van der Waals surface area contributed by atoms with Gasteiger partial charge < -0.3 is 13.7 Å². The zero-order valence-electron chi connectivity index (χ0n) is 13.4. The maximum atomic E-state index is 5.66. The van der Waals surface area contributed by atoms with Gasteiger partial charge in [-0.15, -0.1) is 0 Å². The average molecular weight is 306 g/mol. The predicted molar refractivity (Wildman–Crippen MR) is 90.8 cm³/mol. The van der Waals surface area contributed by atoms with E-state index in [1.54, 1.807) is 0 Å². The molecule has 0 atom stereocenters. The molecule has 0 saturated carbocycles. The first-order valence-electron chi connectivity index (χ1n) is 7.71. The Hall–Kier alpha value is -2.82. The number of benzene rings is 1. The van der Waals surface area contributed by atoms with E-state index in [4.69, 9.17) is 9.72 Å². The Morgan fingerprint density at radius 2 is 2.04 bits per heavy atom. The number of rotatable bonds is 3. The molecule has 3 aromatic heterocycles. The van der Waals surface area contributed by atoms with Crippen molar-refractivity contribution in [3.8, 4) is 17.0 Å². The molecule has 4 aromatic rings. The Labute approximate surface area is 134 Å². The number of aryl methyl sites for hydroxylation is 2. The highest BCUT2D eigenvalue weighted by molar-refractivity contribution is 5.82. The van der Waals surface area contributed by atoms with E-state index in [1.165, 1.54) is 0 Å². The molecular formula is C18H18N4O. The third-order valence-corrected chi connectivity index (χ3v) is 4.15. The monoisotopic (exact) mass is 306 g/mol. The van der Waals surface area contributed by atoms with Gasteiger partial charge in [0.15, 0.2) is 11.4 Å². The number of ether oxygens (including phenoxy) is 1. The quantitative estimate of drug-likeness (QED) is 0.581. The number of hydrogen-bond donors (Lipinski definition) is 0. The topological polar surface area (TPSA) is 44.4 Å². The van der Waals surface area contributed by atoms with Crippen molar-refractivity contribution in [2.75, 3.05) is 6.61 Å².